The zero-order valence-electron chi connectivity index (χ0n) is 21.5. The first-order chi connectivity index (χ1) is 17.7. The lowest BCUT2D eigenvalue weighted by molar-refractivity contribution is -0.137. The van der Waals surface area contributed by atoms with Crippen molar-refractivity contribution in [1.29, 1.82) is 0 Å². The van der Waals surface area contributed by atoms with Gasteiger partial charge in [0.15, 0.2) is 11.6 Å². The van der Waals surface area contributed by atoms with Crippen LogP contribution in [0.15, 0.2) is 60.7 Å². The van der Waals surface area contributed by atoms with Crippen LogP contribution in [0.3, 0.4) is 0 Å². The molecule has 2 atom stereocenters. The van der Waals surface area contributed by atoms with E-state index in [-0.39, 0.29) is 47.8 Å². The van der Waals surface area contributed by atoms with Crippen molar-refractivity contribution in [3.8, 4) is 16.9 Å². The fourth-order valence-corrected chi connectivity index (χ4v) is 6.12. The van der Waals surface area contributed by atoms with Gasteiger partial charge in [0, 0.05) is 11.5 Å². The number of rotatable bonds is 9. The van der Waals surface area contributed by atoms with Gasteiger partial charge in [-0.15, -0.1) is 0 Å². The maximum Gasteiger partial charge on any atom is 0.303 e. The number of aliphatic carboxylic acids is 1. The maximum atomic E-state index is 15.5. The quantitative estimate of drug-likeness (QED) is 0.318. The average molecular weight is 505 g/mol. The Labute approximate surface area is 217 Å². The SMILES string of the molecule is CC1(C)CCC[C@H]1c1cc(COc2cccc([C@@H](CC(=O)O)C3CC3)c2F)ccc1-c1ccccc1F. The lowest BCUT2D eigenvalue weighted by Gasteiger charge is -2.30. The Kier molecular flexibility index (Phi) is 7.06. The molecule has 3 aromatic rings. The molecule has 0 aromatic heterocycles. The minimum atomic E-state index is -0.917. The van der Waals surface area contributed by atoms with Gasteiger partial charge in [-0.2, -0.15) is 0 Å². The number of hydrogen-bond acceptors (Lipinski definition) is 2. The van der Waals surface area contributed by atoms with E-state index in [1.165, 1.54) is 6.07 Å². The number of hydrogen-bond donors (Lipinski definition) is 1. The topological polar surface area (TPSA) is 46.5 Å². The third-order valence-corrected chi connectivity index (χ3v) is 8.29. The number of carboxylic acid groups (broad SMARTS) is 1. The minimum Gasteiger partial charge on any atom is -0.486 e. The summed E-state index contributed by atoms with van der Waals surface area (Å²) >= 11 is 0. The van der Waals surface area contributed by atoms with Crippen LogP contribution in [0.4, 0.5) is 8.78 Å². The van der Waals surface area contributed by atoms with E-state index in [1.54, 1.807) is 24.3 Å². The monoisotopic (exact) mass is 504 g/mol. The van der Waals surface area contributed by atoms with Crippen LogP contribution in [-0.2, 0) is 11.4 Å². The van der Waals surface area contributed by atoms with Crippen molar-refractivity contribution in [1.82, 2.24) is 0 Å². The van der Waals surface area contributed by atoms with Crippen molar-refractivity contribution >= 4 is 5.97 Å². The van der Waals surface area contributed by atoms with E-state index in [2.05, 4.69) is 19.9 Å². The van der Waals surface area contributed by atoms with Gasteiger partial charge in [0.25, 0.3) is 0 Å². The first-order valence-corrected chi connectivity index (χ1v) is 13.3. The van der Waals surface area contributed by atoms with Gasteiger partial charge in [0.05, 0.1) is 6.42 Å². The zero-order chi connectivity index (χ0) is 26.2. The maximum absolute atomic E-state index is 15.5. The first-order valence-electron chi connectivity index (χ1n) is 13.3. The Hall–Kier alpha value is -3.21. The van der Waals surface area contributed by atoms with Crippen LogP contribution in [0.25, 0.3) is 11.1 Å². The van der Waals surface area contributed by atoms with Crippen LogP contribution in [0.1, 0.15) is 80.9 Å². The lowest BCUT2D eigenvalue weighted by Crippen LogP contribution is -2.17. The molecule has 2 aliphatic carbocycles. The summed E-state index contributed by atoms with van der Waals surface area (Å²) in [5.74, 6) is -1.33. The molecule has 0 unspecified atom stereocenters. The summed E-state index contributed by atoms with van der Waals surface area (Å²) in [5.41, 5.74) is 4.02. The number of carbonyl (C=O) groups is 1. The summed E-state index contributed by atoms with van der Waals surface area (Å²) in [5, 5.41) is 9.33. The van der Waals surface area contributed by atoms with Gasteiger partial charge in [-0.3, -0.25) is 4.79 Å². The van der Waals surface area contributed by atoms with Crippen molar-refractivity contribution in [2.75, 3.05) is 0 Å². The fraction of sp³-hybridized carbons (Fsp3) is 0.406. The molecule has 194 valence electrons. The highest BCUT2D eigenvalue weighted by atomic mass is 19.1. The highest BCUT2D eigenvalue weighted by molar-refractivity contribution is 5.70. The van der Waals surface area contributed by atoms with E-state index in [9.17, 15) is 14.3 Å². The molecular formula is C32H34F2O3. The Morgan fingerprint density at radius 3 is 2.49 bits per heavy atom. The van der Waals surface area contributed by atoms with Crippen molar-refractivity contribution in [3.05, 3.63) is 89.0 Å². The van der Waals surface area contributed by atoms with E-state index in [0.29, 0.717) is 11.1 Å². The molecule has 3 nitrogen and oxygen atoms in total. The predicted octanol–water partition coefficient (Wildman–Crippen LogP) is 8.47. The molecule has 0 aliphatic heterocycles. The highest BCUT2D eigenvalue weighted by Gasteiger charge is 2.37. The van der Waals surface area contributed by atoms with Gasteiger partial charge >= 0.3 is 5.97 Å². The van der Waals surface area contributed by atoms with Crippen molar-refractivity contribution < 1.29 is 23.4 Å². The third-order valence-electron chi connectivity index (χ3n) is 8.29. The van der Waals surface area contributed by atoms with Gasteiger partial charge < -0.3 is 9.84 Å². The molecule has 2 aliphatic rings. The highest BCUT2D eigenvalue weighted by Crippen LogP contribution is 2.51. The van der Waals surface area contributed by atoms with E-state index >= 15 is 4.39 Å². The van der Waals surface area contributed by atoms with Crippen molar-refractivity contribution in [2.45, 2.75) is 70.8 Å². The Morgan fingerprint density at radius 1 is 1.03 bits per heavy atom. The molecule has 0 amide bonds. The van der Waals surface area contributed by atoms with Gasteiger partial charge in [0.1, 0.15) is 12.4 Å². The summed E-state index contributed by atoms with van der Waals surface area (Å²) in [7, 11) is 0. The van der Waals surface area contributed by atoms with Gasteiger partial charge in [-0.25, -0.2) is 8.78 Å². The summed E-state index contributed by atoms with van der Waals surface area (Å²) in [6.07, 6.45) is 5.07. The lowest BCUT2D eigenvalue weighted by atomic mass is 9.75. The molecule has 0 spiro atoms. The molecule has 0 heterocycles. The van der Waals surface area contributed by atoms with Crippen LogP contribution in [0.2, 0.25) is 0 Å². The molecule has 0 radical (unpaired) electrons. The molecule has 0 saturated heterocycles. The molecule has 1 N–H and O–H groups in total. The second kappa shape index (κ2) is 10.3. The molecule has 2 saturated carbocycles. The van der Waals surface area contributed by atoms with Crippen LogP contribution >= 0.6 is 0 Å². The number of ether oxygens (including phenoxy) is 1. The second-order valence-electron chi connectivity index (χ2n) is 11.3. The Morgan fingerprint density at radius 2 is 1.81 bits per heavy atom. The zero-order valence-corrected chi connectivity index (χ0v) is 21.5. The largest absolute Gasteiger partial charge is 0.486 e. The summed E-state index contributed by atoms with van der Waals surface area (Å²) in [6.45, 7) is 4.71. The van der Waals surface area contributed by atoms with Crippen molar-refractivity contribution in [3.63, 3.8) is 0 Å². The summed E-state index contributed by atoms with van der Waals surface area (Å²) in [4.78, 5) is 11.4. The Bertz CT molecular complexity index is 1290. The normalized spacial score (nSPS) is 19.5. The summed E-state index contributed by atoms with van der Waals surface area (Å²) in [6, 6.07) is 17.9. The van der Waals surface area contributed by atoms with E-state index in [1.807, 2.05) is 24.3 Å². The molecule has 5 heteroatoms. The van der Waals surface area contributed by atoms with E-state index in [0.717, 1.165) is 48.8 Å². The van der Waals surface area contributed by atoms with Gasteiger partial charge in [0.2, 0.25) is 0 Å². The van der Waals surface area contributed by atoms with Gasteiger partial charge in [-0.05, 0) is 77.3 Å². The molecular weight excluding hydrogens is 470 g/mol. The van der Waals surface area contributed by atoms with Gasteiger partial charge in [-0.1, -0.05) is 68.8 Å². The number of benzene rings is 3. The van der Waals surface area contributed by atoms with Crippen LogP contribution in [0.5, 0.6) is 5.75 Å². The molecule has 5 rings (SSSR count). The molecule has 0 bridgehead atoms. The van der Waals surface area contributed by atoms with E-state index in [4.69, 9.17) is 4.74 Å². The van der Waals surface area contributed by atoms with Crippen LogP contribution < -0.4 is 4.74 Å². The Balaban J connectivity index is 1.44. The predicted molar refractivity (Wildman–Crippen MR) is 141 cm³/mol. The molecule has 37 heavy (non-hydrogen) atoms. The second-order valence-corrected chi connectivity index (χ2v) is 11.3. The molecule has 2 fully saturated rings. The first kappa shape index (κ1) is 25.4. The standard InChI is InChI=1S/C32H34F2O3/c1-32(2)16-6-9-27(32)26-17-20(12-15-22(26)23-7-3-4-10-28(23)33)19-37-29-11-5-8-24(31(29)34)25(18-30(35)36)21-13-14-21/h3-5,7-8,10-12,15,17,21,25,27H,6,9,13-14,16,18-19H2,1-2H3,(H,35,36)/t25-,27-/m0/s1. The van der Waals surface area contributed by atoms with Crippen molar-refractivity contribution in [2.24, 2.45) is 11.3 Å². The fourth-order valence-electron chi connectivity index (χ4n) is 6.12. The summed E-state index contributed by atoms with van der Waals surface area (Å²) < 4.78 is 36.2. The molecule has 3 aromatic carbocycles. The number of carboxylic acids is 1. The van der Waals surface area contributed by atoms with E-state index < -0.39 is 11.8 Å². The minimum absolute atomic E-state index is 0.0803. The smallest absolute Gasteiger partial charge is 0.303 e. The number of halogens is 2. The third kappa shape index (κ3) is 5.41. The van der Waals surface area contributed by atoms with Crippen LogP contribution in [-0.4, -0.2) is 11.1 Å². The average Bonchev–Trinajstić information content (AvgIpc) is 3.64. The van der Waals surface area contributed by atoms with Crippen LogP contribution in [0, 0.1) is 23.0 Å².